The third-order valence-electron chi connectivity index (χ3n) is 7.78. The van der Waals surface area contributed by atoms with Gasteiger partial charge in [0.1, 0.15) is 17.6 Å². The van der Waals surface area contributed by atoms with E-state index in [4.69, 9.17) is 15.2 Å². The Hall–Kier alpha value is -4.93. The van der Waals surface area contributed by atoms with Crippen molar-refractivity contribution in [3.63, 3.8) is 0 Å². The Morgan fingerprint density at radius 2 is 1.51 bits per heavy atom. The van der Waals surface area contributed by atoms with Gasteiger partial charge in [-0.15, -0.1) is 0 Å². The number of rotatable bonds is 5. The highest BCUT2D eigenvalue weighted by molar-refractivity contribution is 6.14. The summed E-state index contributed by atoms with van der Waals surface area (Å²) in [4.78, 5) is 42.3. The lowest BCUT2D eigenvalue weighted by Crippen LogP contribution is -2.46. The topological polar surface area (TPSA) is 98.9 Å². The van der Waals surface area contributed by atoms with Crippen LogP contribution in [0.25, 0.3) is 0 Å². The summed E-state index contributed by atoms with van der Waals surface area (Å²) >= 11 is 0. The Labute approximate surface area is 244 Å². The molecule has 1 heterocycles. The van der Waals surface area contributed by atoms with Crippen molar-refractivity contribution in [1.29, 1.82) is 0 Å². The zero-order valence-electron chi connectivity index (χ0n) is 23.0. The molecule has 7 nitrogen and oxygen atoms in total. The Balaban J connectivity index is 1.81. The quantitative estimate of drug-likeness (QED) is 0.234. The van der Waals surface area contributed by atoms with E-state index in [-0.39, 0.29) is 34.8 Å². The normalized spacial score (nSPS) is 20.6. The van der Waals surface area contributed by atoms with Crippen LogP contribution in [0, 0.1) is 11.7 Å². The number of benzene rings is 3. The van der Waals surface area contributed by atoms with Crippen molar-refractivity contribution in [2.45, 2.75) is 24.4 Å². The maximum Gasteiger partial charge on any atom is 0.416 e. The first kappa shape index (κ1) is 29.6. The minimum atomic E-state index is -4.61. The van der Waals surface area contributed by atoms with Crippen molar-refractivity contribution in [2.75, 3.05) is 19.1 Å². The standard InChI is InChI=1S/C32H26F4N2O5/c1-42-30(40)25-22(17-6-4-3-5-7-17)16-23-26(28(25)39)24(18-8-12-20(33)13-9-18)27(31(41)43-2)29(37)38(23)21-14-10-19(11-15-21)32(34,35)36/h3-15,22,24-25H,16,37H2,1-2H3. The SMILES string of the molecule is COC(=O)C1=C(N)N(c2ccc(C(F)(F)F)cc2)C2=C(C(=O)C(C(=O)OC)C(c3ccccc3)C2)C1c1ccc(F)cc1. The molecule has 43 heavy (non-hydrogen) atoms. The van der Waals surface area contributed by atoms with E-state index in [2.05, 4.69) is 0 Å². The molecule has 3 unspecified atom stereocenters. The molecule has 0 radical (unpaired) electrons. The van der Waals surface area contributed by atoms with E-state index >= 15 is 0 Å². The van der Waals surface area contributed by atoms with Gasteiger partial charge in [0.25, 0.3) is 0 Å². The average Bonchev–Trinajstić information content (AvgIpc) is 3.00. The molecule has 1 aliphatic carbocycles. The fraction of sp³-hybridized carbons (Fsp3) is 0.219. The van der Waals surface area contributed by atoms with E-state index in [0.717, 1.165) is 38.5 Å². The number of nitrogens with two attached hydrogens (primary N) is 1. The number of allylic oxidation sites excluding steroid dienone is 2. The number of carbonyl (C=O) groups is 3. The molecule has 3 aromatic rings. The Morgan fingerprint density at radius 1 is 0.884 bits per heavy atom. The van der Waals surface area contributed by atoms with Crippen molar-refractivity contribution in [1.82, 2.24) is 0 Å². The molecular formula is C32H26F4N2O5. The molecule has 0 aromatic heterocycles. The van der Waals surface area contributed by atoms with Crippen LogP contribution in [0.1, 0.15) is 34.9 Å². The van der Waals surface area contributed by atoms with Gasteiger partial charge in [0.2, 0.25) is 0 Å². The predicted molar refractivity (Wildman–Crippen MR) is 148 cm³/mol. The fourth-order valence-electron chi connectivity index (χ4n) is 5.83. The minimum absolute atomic E-state index is 0.00341. The van der Waals surface area contributed by atoms with Gasteiger partial charge in [0, 0.05) is 22.9 Å². The lowest BCUT2D eigenvalue weighted by Gasteiger charge is -2.44. The van der Waals surface area contributed by atoms with Crippen LogP contribution < -0.4 is 10.6 Å². The van der Waals surface area contributed by atoms with Gasteiger partial charge in [0.15, 0.2) is 5.78 Å². The molecule has 11 heteroatoms. The van der Waals surface area contributed by atoms with Gasteiger partial charge in [-0.3, -0.25) is 14.5 Å². The molecule has 5 rings (SSSR count). The predicted octanol–water partition coefficient (Wildman–Crippen LogP) is 5.59. The number of halogens is 4. The summed E-state index contributed by atoms with van der Waals surface area (Å²) in [5, 5.41) is 0. The Kier molecular flexibility index (Phi) is 7.83. The van der Waals surface area contributed by atoms with Crippen molar-refractivity contribution in [3.8, 4) is 0 Å². The van der Waals surface area contributed by atoms with Crippen LogP contribution in [0.3, 0.4) is 0 Å². The summed E-state index contributed by atoms with van der Waals surface area (Å²) in [6.45, 7) is 0. The molecule has 2 aliphatic rings. The van der Waals surface area contributed by atoms with E-state index in [0.29, 0.717) is 11.1 Å². The van der Waals surface area contributed by atoms with E-state index in [1.54, 1.807) is 30.3 Å². The average molecular weight is 595 g/mol. The summed E-state index contributed by atoms with van der Waals surface area (Å²) in [5.74, 6) is -6.36. The summed E-state index contributed by atoms with van der Waals surface area (Å²) in [6.07, 6.45) is -4.58. The molecule has 222 valence electrons. The highest BCUT2D eigenvalue weighted by atomic mass is 19.4. The third-order valence-corrected chi connectivity index (χ3v) is 7.78. The number of ketones is 1. The highest BCUT2D eigenvalue weighted by Gasteiger charge is 2.51. The maximum absolute atomic E-state index is 14.5. The molecule has 0 bridgehead atoms. The first-order chi connectivity index (χ1) is 20.5. The molecule has 0 amide bonds. The Morgan fingerprint density at radius 3 is 2.07 bits per heavy atom. The number of hydrogen-bond acceptors (Lipinski definition) is 7. The highest BCUT2D eigenvalue weighted by Crippen LogP contribution is 2.51. The molecule has 3 aromatic carbocycles. The maximum atomic E-state index is 14.5. The molecule has 0 spiro atoms. The summed E-state index contributed by atoms with van der Waals surface area (Å²) < 4.78 is 64.2. The molecule has 0 fully saturated rings. The van der Waals surface area contributed by atoms with Gasteiger partial charge in [0.05, 0.1) is 31.3 Å². The molecule has 1 aliphatic heterocycles. The smallest absolute Gasteiger partial charge is 0.416 e. The van der Waals surface area contributed by atoms with Gasteiger partial charge in [-0.25, -0.2) is 9.18 Å². The zero-order chi connectivity index (χ0) is 31.1. The number of hydrogen-bond donors (Lipinski definition) is 1. The van der Waals surface area contributed by atoms with Crippen LogP contribution in [-0.4, -0.2) is 31.9 Å². The lowest BCUT2D eigenvalue weighted by atomic mass is 9.67. The number of esters is 2. The summed E-state index contributed by atoms with van der Waals surface area (Å²) in [5.41, 5.74) is 6.93. The van der Waals surface area contributed by atoms with E-state index in [1.807, 2.05) is 0 Å². The summed E-state index contributed by atoms with van der Waals surface area (Å²) in [7, 11) is 2.27. The molecule has 2 N–H and O–H groups in total. The lowest BCUT2D eigenvalue weighted by molar-refractivity contribution is -0.150. The zero-order valence-corrected chi connectivity index (χ0v) is 23.0. The molecule has 3 atom stereocenters. The van der Waals surface area contributed by atoms with Gasteiger partial charge in [-0.1, -0.05) is 42.5 Å². The van der Waals surface area contributed by atoms with Crippen molar-refractivity contribution in [3.05, 3.63) is 124 Å². The van der Waals surface area contributed by atoms with Gasteiger partial charge < -0.3 is 15.2 Å². The first-order valence-corrected chi connectivity index (χ1v) is 13.2. The number of Topliss-reactive ketones (excluding diaryl/α,β-unsaturated/α-hetero) is 1. The van der Waals surface area contributed by atoms with Crippen molar-refractivity contribution < 1.29 is 41.4 Å². The molecule has 0 saturated carbocycles. The Bertz CT molecular complexity index is 1630. The largest absolute Gasteiger partial charge is 0.468 e. The van der Waals surface area contributed by atoms with E-state index in [1.165, 1.54) is 29.2 Å². The van der Waals surface area contributed by atoms with Crippen LogP contribution in [0.2, 0.25) is 0 Å². The number of anilines is 1. The number of nitrogens with zero attached hydrogens (tertiary/aromatic N) is 1. The van der Waals surface area contributed by atoms with Crippen LogP contribution in [-0.2, 0) is 30.0 Å². The molecule has 0 saturated heterocycles. The third kappa shape index (κ3) is 5.26. The number of alkyl halides is 3. The van der Waals surface area contributed by atoms with Gasteiger partial charge >= 0.3 is 18.1 Å². The van der Waals surface area contributed by atoms with Crippen LogP contribution in [0.5, 0.6) is 0 Å². The minimum Gasteiger partial charge on any atom is -0.468 e. The first-order valence-electron chi connectivity index (χ1n) is 13.2. The van der Waals surface area contributed by atoms with Crippen molar-refractivity contribution in [2.24, 2.45) is 11.7 Å². The van der Waals surface area contributed by atoms with Crippen LogP contribution in [0.15, 0.2) is 102 Å². The second kappa shape index (κ2) is 11.4. The number of methoxy groups -OCH3 is 2. The van der Waals surface area contributed by atoms with Crippen molar-refractivity contribution >= 4 is 23.4 Å². The van der Waals surface area contributed by atoms with E-state index in [9.17, 15) is 31.9 Å². The monoisotopic (exact) mass is 594 g/mol. The van der Waals surface area contributed by atoms with Crippen LogP contribution in [0.4, 0.5) is 23.2 Å². The van der Waals surface area contributed by atoms with E-state index < -0.39 is 53.0 Å². The second-order valence-corrected chi connectivity index (χ2v) is 10.1. The number of ether oxygens (including phenoxy) is 2. The molecular weight excluding hydrogens is 568 g/mol. The second-order valence-electron chi connectivity index (χ2n) is 10.1. The van der Waals surface area contributed by atoms with Crippen LogP contribution >= 0.6 is 0 Å². The van der Waals surface area contributed by atoms with Gasteiger partial charge in [-0.2, -0.15) is 13.2 Å². The van der Waals surface area contributed by atoms with Gasteiger partial charge in [-0.05, 0) is 53.9 Å². The summed E-state index contributed by atoms with van der Waals surface area (Å²) in [6, 6.07) is 17.9. The number of carbonyl (C=O) groups excluding carboxylic acids is 3. The fourth-order valence-corrected chi connectivity index (χ4v) is 5.83.